The fraction of sp³-hybridized carbons (Fsp3) is 0.381. The third-order valence-electron chi connectivity index (χ3n) is 5.30. The summed E-state index contributed by atoms with van der Waals surface area (Å²) in [7, 11) is 3.79. The monoisotopic (exact) mass is 438 g/mol. The van der Waals surface area contributed by atoms with Crippen molar-refractivity contribution >= 4 is 33.3 Å². The van der Waals surface area contributed by atoms with Crippen LogP contribution in [0.25, 0.3) is 0 Å². The Hall–Kier alpha value is -3.11. The van der Waals surface area contributed by atoms with E-state index in [1.54, 1.807) is 6.20 Å². The quantitative estimate of drug-likeness (QED) is 0.581. The van der Waals surface area contributed by atoms with Gasteiger partial charge in [-0.3, -0.25) is 15.0 Å². The lowest BCUT2D eigenvalue weighted by Crippen LogP contribution is -2.32. The third kappa shape index (κ3) is 4.97. The molecule has 162 valence electrons. The second-order valence-electron chi connectivity index (χ2n) is 7.78. The molecule has 1 aromatic carbocycles. The van der Waals surface area contributed by atoms with Gasteiger partial charge in [-0.05, 0) is 50.7 Å². The molecular formula is C21H26N8OS. The van der Waals surface area contributed by atoms with E-state index in [1.807, 2.05) is 62.3 Å². The zero-order valence-corrected chi connectivity index (χ0v) is 18.6. The molecule has 3 aromatic rings. The summed E-state index contributed by atoms with van der Waals surface area (Å²) in [4.78, 5) is 17.1. The highest BCUT2D eigenvalue weighted by Gasteiger charge is 2.27. The number of aryl methyl sites for hydroxylation is 1. The van der Waals surface area contributed by atoms with Gasteiger partial charge in [0.2, 0.25) is 16.2 Å². The molecule has 2 N–H and O–H groups in total. The summed E-state index contributed by atoms with van der Waals surface area (Å²) in [5.74, 6) is 0.750. The van der Waals surface area contributed by atoms with Crippen LogP contribution >= 0.6 is 11.3 Å². The molecule has 2 atom stereocenters. The molecule has 0 unspecified atom stereocenters. The number of hydrogen-bond acceptors (Lipinski definition) is 9. The molecule has 1 aliphatic rings. The zero-order chi connectivity index (χ0) is 21.8. The van der Waals surface area contributed by atoms with E-state index in [1.165, 1.54) is 11.3 Å². The summed E-state index contributed by atoms with van der Waals surface area (Å²) < 4.78 is 0. The summed E-state index contributed by atoms with van der Waals surface area (Å²) in [6, 6.07) is 11.6. The number of nitrogens with one attached hydrogen (secondary N) is 2. The van der Waals surface area contributed by atoms with Gasteiger partial charge in [-0.15, -0.1) is 15.3 Å². The Labute approximate surface area is 185 Å². The minimum Gasteiger partial charge on any atom is -0.355 e. The lowest BCUT2D eigenvalue weighted by molar-refractivity contribution is -0.120. The lowest BCUT2D eigenvalue weighted by atomic mass is 10.00. The number of nitrogens with zero attached hydrogens (tertiary/aromatic N) is 6. The third-order valence-corrected chi connectivity index (χ3v) is 6.07. The van der Waals surface area contributed by atoms with E-state index in [9.17, 15) is 4.79 Å². The van der Waals surface area contributed by atoms with Crippen LogP contribution in [-0.2, 0) is 4.79 Å². The summed E-state index contributed by atoms with van der Waals surface area (Å²) in [6.07, 6.45) is 2.64. The number of aromatic nitrogens is 4. The SMILES string of the molecule is Cc1ccccc1[C@@H](C(=O)Nc1nnc(N[C@@H]2CCN(c3cccnn3)C2)s1)N(C)C. The maximum Gasteiger partial charge on any atom is 0.248 e. The number of carbonyl (C=O) groups excluding carboxylic acids is 1. The van der Waals surface area contributed by atoms with E-state index in [-0.39, 0.29) is 11.9 Å². The molecular weight excluding hydrogens is 412 g/mol. The van der Waals surface area contributed by atoms with Crippen molar-refractivity contribution in [2.24, 2.45) is 0 Å². The summed E-state index contributed by atoms with van der Waals surface area (Å²) >= 11 is 1.34. The average molecular weight is 439 g/mol. The van der Waals surface area contributed by atoms with Crippen molar-refractivity contribution in [1.29, 1.82) is 0 Å². The molecule has 0 radical (unpaired) electrons. The van der Waals surface area contributed by atoms with Crippen LogP contribution in [0.1, 0.15) is 23.6 Å². The smallest absolute Gasteiger partial charge is 0.248 e. The van der Waals surface area contributed by atoms with Crippen molar-refractivity contribution in [2.75, 3.05) is 42.7 Å². The van der Waals surface area contributed by atoms with Crippen LogP contribution in [0, 0.1) is 6.92 Å². The van der Waals surface area contributed by atoms with Crippen molar-refractivity contribution in [2.45, 2.75) is 25.4 Å². The molecule has 0 bridgehead atoms. The zero-order valence-electron chi connectivity index (χ0n) is 17.8. The Morgan fingerprint density at radius 1 is 1.16 bits per heavy atom. The Balaban J connectivity index is 1.37. The minimum absolute atomic E-state index is 0.128. The highest BCUT2D eigenvalue weighted by atomic mass is 32.1. The van der Waals surface area contributed by atoms with Gasteiger partial charge in [0.05, 0.1) is 0 Å². The molecule has 0 saturated carbocycles. The lowest BCUT2D eigenvalue weighted by Gasteiger charge is -2.24. The predicted octanol–water partition coefficient (Wildman–Crippen LogP) is 2.57. The predicted molar refractivity (Wildman–Crippen MR) is 122 cm³/mol. The first-order valence-electron chi connectivity index (χ1n) is 10.2. The summed E-state index contributed by atoms with van der Waals surface area (Å²) in [6.45, 7) is 3.73. The van der Waals surface area contributed by atoms with Crippen molar-refractivity contribution in [3.63, 3.8) is 0 Å². The highest BCUT2D eigenvalue weighted by Crippen LogP contribution is 2.27. The Morgan fingerprint density at radius 3 is 2.71 bits per heavy atom. The van der Waals surface area contributed by atoms with E-state index in [2.05, 4.69) is 35.9 Å². The van der Waals surface area contributed by atoms with Crippen molar-refractivity contribution < 1.29 is 4.79 Å². The van der Waals surface area contributed by atoms with E-state index in [0.717, 1.165) is 36.5 Å². The topological polar surface area (TPSA) is 99.2 Å². The van der Waals surface area contributed by atoms with Crippen molar-refractivity contribution in [1.82, 2.24) is 25.3 Å². The Morgan fingerprint density at radius 2 is 1.97 bits per heavy atom. The molecule has 1 aliphatic heterocycles. The largest absolute Gasteiger partial charge is 0.355 e. The minimum atomic E-state index is -0.406. The maximum absolute atomic E-state index is 13.0. The second-order valence-corrected chi connectivity index (χ2v) is 8.76. The Bertz CT molecular complexity index is 1020. The van der Waals surface area contributed by atoms with Crippen LogP contribution in [0.15, 0.2) is 42.6 Å². The first-order chi connectivity index (χ1) is 15.0. The van der Waals surface area contributed by atoms with Crippen LogP contribution in [0.5, 0.6) is 0 Å². The van der Waals surface area contributed by atoms with E-state index in [4.69, 9.17) is 0 Å². The van der Waals surface area contributed by atoms with Gasteiger partial charge in [0, 0.05) is 25.3 Å². The van der Waals surface area contributed by atoms with Gasteiger partial charge in [0.1, 0.15) is 6.04 Å². The molecule has 10 heteroatoms. The van der Waals surface area contributed by atoms with Gasteiger partial charge in [-0.2, -0.15) is 5.10 Å². The Kier molecular flexibility index (Phi) is 6.38. The van der Waals surface area contributed by atoms with Crippen molar-refractivity contribution in [3.8, 4) is 0 Å². The van der Waals surface area contributed by atoms with Gasteiger partial charge in [-0.25, -0.2) is 0 Å². The normalized spacial score (nSPS) is 17.0. The summed E-state index contributed by atoms with van der Waals surface area (Å²) in [5.41, 5.74) is 2.05. The number of rotatable bonds is 7. The van der Waals surface area contributed by atoms with E-state index < -0.39 is 6.04 Å². The fourth-order valence-corrected chi connectivity index (χ4v) is 4.50. The van der Waals surface area contributed by atoms with Gasteiger partial charge >= 0.3 is 0 Å². The molecule has 0 spiro atoms. The maximum atomic E-state index is 13.0. The van der Waals surface area contributed by atoms with Crippen LogP contribution < -0.4 is 15.5 Å². The van der Waals surface area contributed by atoms with Crippen molar-refractivity contribution in [3.05, 3.63) is 53.7 Å². The molecule has 4 rings (SSSR count). The van der Waals surface area contributed by atoms with Gasteiger partial charge in [0.15, 0.2) is 5.82 Å². The average Bonchev–Trinajstić information content (AvgIpc) is 3.40. The molecule has 0 aliphatic carbocycles. The number of anilines is 3. The van der Waals surface area contributed by atoms with Crippen LogP contribution in [-0.4, -0.2) is 64.4 Å². The molecule has 1 saturated heterocycles. The molecule has 9 nitrogen and oxygen atoms in total. The molecule has 1 amide bonds. The number of amides is 1. The fourth-order valence-electron chi connectivity index (χ4n) is 3.78. The molecule has 1 fully saturated rings. The standard InChI is InChI=1S/C21H26N8OS/c1-14-7-4-5-8-16(14)18(28(2)3)19(30)24-21-27-26-20(31-21)23-15-10-12-29(13-15)17-9-6-11-22-25-17/h4-9,11,15,18H,10,12-13H2,1-3H3,(H,23,26)(H,24,27,30)/t15-,18+/m1/s1. The first kappa shape index (κ1) is 21.1. The van der Waals surface area contributed by atoms with E-state index in [0.29, 0.717) is 10.3 Å². The molecule has 3 heterocycles. The second kappa shape index (κ2) is 9.36. The van der Waals surface area contributed by atoms with Gasteiger partial charge in [0.25, 0.3) is 0 Å². The molecule has 31 heavy (non-hydrogen) atoms. The summed E-state index contributed by atoms with van der Waals surface area (Å²) in [5, 5.41) is 24.0. The van der Waals surface area contributed by atoms with Crippen LogP contribution in [0.2, 0.25) is 0 Å². The van der Waals surface area contributed by atoms with Gasteiger partial charge < -0.3 is 10.2 Å². The first-order valence-corrected chi connectivity index (χ1v) is 11.0. The number of carbonyl (C=O) groups is 1. The van der Waals surface area contributed by atoms with Crippen LogP contribution in [0.3, 0.4) is 0 Å². The van der Waals surface area contributed by atoms with E-state index >= 15 is 0 Å². The van der Waals surface area contributed by atoms with Gasteiger partial charge in [-0.1, -0.05) is 35.6 Å². The number of likely N-dealkylation sites (N-methyl/N-ethyl adjacent to an activating group) is 1. The number of benzene rings is 1. The number of hydrogen-bond donors (Lipinski definition) is 2. The van der Waals surface area contributed by atoms with Crippen LogP contribution in [0.4, 0.5) is 16.1 Å². The molecule has 2 aromatic heterocycles. The highest BCUT2D eigenvalue weighted by molar-refractivity contribution is 7.19.